The number of halogens is 3. The molecule has 3 heterocycles. The van der Waals surface area contributed by atoms with Crippen LogP contribution >= 0.6 is 11.6 Å². The van der Waals surface area contributed by atoms with Crippen LogP contribution in [0.15, 0.2) is 36.4 Å². The van der Waals surface area contributed by atoms with Gasteiger partial charge >= 0.3 is 25.1 Å². The van der Waals surface area contributed by atoms with Crippen LogP contribution in [0.4, 0.5) is 18.4 Å². The zero-order valence-electron chi connectivity index (χ0n) is 27.8. The lowest BCUT2D eigenvalue weighted by molar-refractivity contribution is -0.123. The molecule has 0 radical (unpaired) electrons. The molecule has 3 aliphatic heterocycles. The van der Waals surface area contributed by atoms with Crippen molar-refractivity contribution in [1.82, 2.24) is 25.3 Å². The Balaban J connectivity index is 1.17. The van der Waals surface area contributed by atoms with Gasteiger partial charge in [-0.2, -0.15) is 0 Å². The largest absolute Gasteiger partial charge is 0.547 e. The number of benzene rings is 3. The minimum absolute atomic E-state index is 0.0709. The highest BCUT2D eigenvalue weighted by molar-refractivity contribution is 6.47. The second-order valence-corrected chi connectivity index (χ2v) is 13.2. The van der Waals surface area contributed by atoms with E-state index in [0.29, 0.717) is 18.9 Å². The molecular formula is C33H31BClF2N5O12. The van der Waals surface area contributed by atoms with Gasteiger partial charge in [0.25, 0.3) is 5.91 Å². The number of phenolic OH excluding ortho intramolecular Hbond substituents is 4. The van der Waals surface area contributed by atoms with E-state index in [0.717, 1.165) is 17.0 Å². The standard InChI is InChI=1S/C33H31BClF2N5O12/c35-24-19(13-21(37)26(45)27(24)46)25(29(47)38-22-11-14-1-2-20(36)23(31(49)50)28(14)54-34(22)53)39-32(51)42-8-7-41(33(42)52)16-3-5-40(6-4-16)30(48)15-9-17(43)12-18(44)10-15/h1-2,9-10,12-13,16,22,25,43-46,53H,3-8,11H2,(H,38,47)(H,39,51)(H,49,50)/t22-,25?/m0/s1. The van der Waals surface area contributed by atoms with E-state index in [1.54, 1.807) is 0 Å². The third kappa shape index (κ3) is 7.16. The summed E-state index contributed by atoms with van der Waals surface area (Å²) >= 11 is 6.18. The number of aromatic carboxylic acids is 1. The fraction of sp³-hybridized carbons (Fsp3) is 0.303. The van der Waals surface area contributed by atoms with Crippen molar-refractivity contribution in [1.29, 1.82) is 0 Å². The predicted molar refractivity (Wildman–Crippen MR) is 181 cm³/mol. The third-order valence-corrected chi connectivity index (χ3v) is 9.81. The average molecular weight is 774 g/mol. The summed E-state index contributed by atoms with van der Waals surface area (Å²) in [6, 6.07) is 1.84. The molecule has 6 amide bonds. The monoisotopic (exact) mass is 773 g/mol. The third-order valence-electron chi connectivity index (χ3n) is 9.42. The fourth-order valence-electron chi connectivity index (χ4n) is 6.71. The Bertz CT molecular complexity index is 2050. The normalized spacial score (nSPS) is 17.9. The van der Waals surface area contributed by atoms with Gasteiger partial charge in [0, 0.05) is 49.4 Å². The molecule has 8 N–H and O–H groups in total. The van der Waals surface area contributed by atoms with E-state index in [9.17, 15) is 63.3 Å². The number of carboxylic acids is 1. The van der Waals surface area contributed by atoms with Crippen molar-refractivity contribution in [2.75, 3.05) is 26.2 Å². The van der Waals surface area contributed by atoms with Gasteiger partial charge in [0.1, 0.15) is 34.7 Å². The number of piperidine rings is 1. The lowest BCUT2D eigenvalue weighted by Gasteiger charge is -2.36. The first-order valence-electron chi connectivity index (χ1n) is 16.4. The summed E-state index contributed by atoms with van der Waals surface area (Å²) in [5.41, 5.74) is -1.24. The smallest absolute Gasteiger partial charge is 0.534 e. The molecule has 0 saturated carbocycles. The Kier molecular flexibility index (Phi) is 10.3. The van der Waals surface area contributed by atoms with E-state index in [-0.39, 0.29) is 55.2 Å². The topological polar surface area (TPSA) is 250 Å². The SMILES string of the molecule is O=C(O)c1c(F)ccc2c1OB(O)[C@@H](NC(=O)C(NC(=O)N1CCN(C3CCN(C(=O)c4cc(O)cc(O)c4)CC3)C1=O)c1cc(F)c(O)c(O)c1Cl)C2. The Morgan fingerprint density at radius 2 is 1.59 bits per heavy atom. The average Bonchev–Trinajstić information content (AvgIpc) is 3.51. The van der Waals surface area contributed by atoms with Crippen LogP contribution in [-0.2, 0) is 11.2 Å². The summed E-state index contributed by atoms with van der Waals surface area (Å²) < 4.78 is 34.1. The maximum atomic E-state index is 14.7. The number of urea groups is 2. The van der Waals surface area contributed by atoms with Crippen LogP contribution in [0.25, 0.3) is 0 Å². The van der Waals surface area contributed by atoms with Crippen LogP contribution in [-0.4, -0.2) is 120 Å². The summed E-state index contributed by atoms with van der Waals surface area (Å²) in [6.07, 6.45) is 0.340. The lowest BCUT2D eigenvalue weighted by Crippen LogP contribution is -2.56. The van der Waals surface area contributed by atoms with Gasteiger partial charge in [0.05, 0.1) is 11.0 Å². The number of nitrogens with one attached hydrogen (secondary N) is 2. The second kappa shape index (κ2) is 14.8. The zero-order chi connectivity index (χ0) is 39.2. The van der Waals surface area contributed by atoms with Gasteiger partial charge in [-0.25, -0.2) is 28.1 Å². The van der Waals surface area contributed by atoms with Crippen LogP contribution in [0.3, 0.4) is 0 Å². The van der Waals surface area contributed by atoms with Gasteiger partial charge in [-0.05, 0) is 49.1 Å². The fourth-order valence-corrected chi connectivity index (χ4v) is 6.96. The molecule has 0 bridgehead atoms. The van der Waals surface area contributed by atoms with E-state index < -0.39 is 100 Å². The quantitative estimate of drug-likeness (QED) is 0.127. The summed E-state index contributed by atoms with van der Waals surface area (Å²) in [4.78, 5) is 69.2. The minimum Gasteiger partial charge on any atom is -0.534 e. The molecule has 21 heteroatoms. The molecule has 17 nitrogen and oxygen atoms in total. The van der Waals surface area contributed by atoms with E-state index in [2.05, 4.69) is 10.6 Å². The molecule has 0 aromatic heterocycles. The molecule has 3 aromatic rings. The Hall–Kier alpha value is -6.02. The first-order valence-corrected chi connectivity index (χ1v) is 16.7. The number of carbonyl (C=O) groups is 5. The number of phenols is 4. The van der Waals surface area contributed by atoms with Crippen LogP contribution < -0.4 is 15.3 Å². The predicted octanol–water partition coefficient (Wildman–Crippen LogP) is 2.07. The summed E-state index contributed by atoms with van der Waals surface area (Å²) in [6.45, 7) is 0.334. The number of amides is 6. The molecule has 3 aliphatic rings. The van der Waals surface area contributed by atoms with Crippen molar-refractivity contribution in [3.8, 4) is 28.7 Å². The molecule has 2 saturated heterocycles. The highest BCUT2D eigenvalue weighted by Crippen LogP contribution is 2.41. The summed E-state index contributed by atoms with van der Waals surface area (Å²) in [5.74, 6) is -10.7. The molecule has 54 heavy (non-hydrogen) atoms. The minimum atomic E-state index is -1.98. The highest BCUT2D eigenvalue weighted by Gasteiger charge is 2.43. The van der Waals surface area contributed by atoms with Crippen LogP contribution in [0.2, 0.25) is 5.02 Å². The number of aromatic hydroxyl groups is 4. The van der Waals surface area contributed by atoms with Crippen molar-refractivity contribution >= 4 is 48.6 Å². The van der Waals surface area contributed by atoms with E-state index >= 15 is 0 Å². The van der Waals surface area contributed by atoms with Gasteiger partial charge in [-0.1, -0.05) is 17.7 Å². The number of hydrogen-bond acceptors (Lipinski definition) is 11. The van der Waals surface area contributed by atoms with Crippen LogP contribution in [0.5, 0.6) is 28.7 Å². The molecule has 0 aliphatic carbocycles. The molecule has 2 fully saturated rings. The summed E-state index contributed by atoms with van der Waals surface area (Å²) in [7, 11) is -1.94. The molecule has 3 aromatic carbocycles. The first kappa shape index (κ1) is 37.7. The Morgan fingerprint density at radius 3 is 2.24 bits per heavy atom. The second-order valence-electron chi connectivity index (χ2n) is 12.8. The van der Waals surface area contributed by atoms with Crippen molar-refractivity contribution < 1.29 is 68.0 Å². The van der Waals surface area contributed by atoms with Crippen molar-refractivity contribution in [3.05, 3.63) is 75.3 Å². The number of rotatable bonds is 7. The van der Waals surface area contributed by atoms with Gasteiger partial charge < -0.3 is 55.6 Å². The van der Waals surface area contributed by atoms with Gasteiger partial charge in [-0.3, -0.25) is 9.59 Å². The lowest BCUT2D eigenvalue weighted by atomic mass is 9.72. The summed E-state index contributed by atoms with van der Waals surface area (Å²) in [5, 5.41) is 63.6. The van der Waals surface area contributed by atoms with Gasteiger partial charge in [0.15, 0.2) is 17.3 Å². The van der Waals surface area contributed by atoms with Crippen molar-refractivity contribution in [3.63, 3.8) is 0 Å². The van der Waals surface area contributed by atoms with Gasteiger partial charge in [0.2, 0.25) is 5.91 Å². The molecule has 6 rings (SSSR count). The zero-order valence-corrected chi connectivity index (χ0v) is 28.6. The molecule has 1 unspecified atom stereocenters. The number of likely N-dealkylation sites (tertiary alicyclic amines) is 1. The highest BCUT2D eigenvalue weighted by atomic mass is 35.5. The maximum Gasteiger partial charge on any atom is 0.547 e. The van der Waals surface area contributed by atoms with Crippen molar-refractivity contribution in [2.45, 2.75) is 37.3 Å². The molecule has 284 valence electrons. The van der Waals surface area contributed by atoms with Gasteiger partial charge in [-0.15, -0.1) is 0 Å². The van der Waals surface area contributed by atoms with E-state index in [1.165, 1.54) is 28.0 Å². The van der Waals surface area contributed by atoms with Crippen LogP contribution in [0.1, 0.15) is 50.7 Å². The van der Waals surface area contributed by atoms with E-state index in [4.69, 9.17) is 16.3 Å². The molecular weight excluding hydrogens is 743 g/mol. The van der Waals surface area contributed by atoms with Crippen LogP contribution in [0, 0.1) is 11.6 Å². The number of nitrogens with zero attached hydrogens (tertiary/aromatic N) is 3. The number of carbonyl (C=O) groups excluding carboxylic acids is 4. The Labute approximate surface area is 309 Å². The number of carboxylic acid groups (broad SMARTS) is 1. The first-order chi connectivity index (χ1) is 25.5. The number of imide groups is 1. The van der Waals surface area contributed by atoms with Crippen molar-refractivity contribution in [2.24, 2.45) is 0 Å². The molecule has 2 atom stereocenters. The maximum absolute atomic E-state index is 14.7. The number of hydrogen-bond donors (Lipinski definition) is 8. The molecule has 0 spiro atoms. The number of fused-ring (bicyclic) bond motifs is 1. The van der Waals surface area contributed by atoms with E-state index in [1.807, 2.05) is 0 Å². The Morgan fingerprint density at radius 1 is 0.926 bits per heavy atom.